The zero-order valence-corrected chi connectivity index (χ0v) is 12.9. The lowest BCUT2D eigenvalue weighted by Crippen LogP contribution is -2.17. The van der Waals surface area contributed by atoms with Gasteiger partial charge in [-0.1, -0.05) is 18.2 Å². The lowest BCUT2D eigenvalue weighted by molar-refractivity contribution is 0.121. The summed E-state index contributed by atoms with van der Waals surface area (Å²) in [4.78, 5) is 3.61. The summed E-state index contributed by atoms with van der Waals surface area (Å²) in [5, 5.41) is 1.01. The molecule has 1 saturated carbocycles. The van der Waals surface area contributed by atoms with Crippen molar-refractivity contribution in [2.45, 2.75) is 41.4 Å². The Kier molecular flexibility index (Phi) is 3.09. The van der Waals surface area contributed by atoms with Gasteiger partial charge in [-0.3, -0.25) is 0 Å². The predicted octanol–water partition coefficient (Wildman–Crippen LogP) is 2.60. The van der Waals surface area contributed by atoms with Crippen LogP contribution in [0.15, 0.2) is 29.4 Å². The van der Waals surface area contributed by atoms with E-state index in [9.17, 15) is 26.0 Å². The molecule has 0 unspecified atom stereocenters. The molecule has 1 fully saturated rings. The summed E-state index contributed by atoms with van der Waals surface area (Å²) >= 11 is 0. The van der Waals surface area contributed by atoms with Gasteiger partial charge in [-0.2, -0.15) is 4.98 Å². The Bertz CT molecular complexity index is 928. The average Bonchev–Trinajstić information content (AvgIpc) is 2.87. The smallest absolute Gasteiger partial charge is 0.239 e. The molecule has 1 aromatic heterocycles. The van der Waals surface area contributed by atoms with Crippen LogP contribution in [0.3, 0.4) is 0 Å². The van der Waals surface area contributed by atoms with Crippen molar-refractivity contribution in [2.24, 2.45) is 0 Å². The zero-order valence-electron chi connectivity index (χ0n) is 12.0. The van der Waals surface area contributed by atoms with Gasteiger partial charge in [0.2, 0.25) is 9.84 Å². The molecule has 0 radical (unpaired) electrons. The van der Waals surface area contributed by atoms with Crippen molar-refractivity contribution in [3.05, 3.63) is 41.5 Å². The third kappa shape index (κ3) is 2.15. The van der Waals surface area contributed by atoms with Crippen molar-refractivity contribution >= 4 is 9.84 Å². The fraction of sp³-hybridized carbons (Fsp3) is 0.429. The third-order valence-electron chi connectivity index (χ3n) is 4.31. The molecule has 0 spiro atoms. The molecule has 2 aromatic rings. The second-order valence-corrected chi connectivity index (χ2v) is 7.96. The van der Waals surface area contributed by atoms with Crippen molar-refractivity contribution in [3.63, 3.8) is 0 Å². The van der Waals surface area contributed by atoms with Crippen molar-refractivity contribution in [1.82, 2.24) is 14.8 Å². The number of alkyl halides is 3. The fourth-order valence-electron chi connectivity index (χ4n) is 2.94. The van der Waals surface area contributed by atoms with Crippen LogP contribution in [0.4, 0.5) is 17.6 Å². The van der Waals surface area contributed by atoms with E-state index >= 15 is 0 Å². The second-order valence-electron chi connectivity index (χ2n) is 5.94. The number of nitrogens with zero attached hydrogens (tertiary/aromatic N) is 3. The maximum absolute atomic E-state index is 14.2. The first-order valence-electron chi connectivity index (χ1n) is 7.18. The Morgan fingerprint density at radius 3 is 2.54 bits per heavy atom. The first-order valence-corrected chi connectivity index (χ1v) is 8.73. The van der Waals surface area contributed by atoms with E-state index in [4.69, 9.17) is 0 Å². The highest BCUT2D eigenvalue weighted by atomic mass is 32.2. The van der Waals surface area contributed by atoms with Crippen LogP contribution in [0.1, 0.15) is 36.4 Å². The van der Waals surface area contributed by atoms with Crippen LogP contribution in [-0.2, 0) is 9.84 Å². The molecular formula is C14H11F4N3O2S. The number of benzene rings is 1. The van der Waals surface area contributed by atoms with Gasteiger partial charge in [-0.25, -0.2) is 30.7 Å². The molecule has 2 heterocycles. The highest BCUT2D eigenvalue weighted by Gasteiger charge is 2.66. The maximum atomic E-state index is 14.2. The van der Waals surface area contributed by atoms with E-state index in [1.54, 1.807) is 6.07 Å². The average molecular weight is 361 g/mol. The number of hydrogen-bond acceptors (Lipinski definition) is 4. The quantitative estimate of drug-likeness (QED) is 0.789. The lowest BCUT2D eigenvalue weighted by atomic mass is 10.0. The summed E-state index contributed by atoms with van der Waals surface area (Å²) in [6.07, 6.45) is -2.59. The van der Waals surface area contributed by atoms with E-state index in [0.717, 1.165) is 4.68 Å². The number of aromatic nitrogens is 3. The molecule has 0 saturated heterocycles. The zero-order chi connectivity index (χ0) is 17.3. The van der Waals surface area contributed by atoms with Gasteiger partial charge in [0.15, 0.2) is 12.0 Å². The first-order chi connectivity index (χ1) is 11.2. The van der Waals surface area contributed by atoms with Gasteiger partial charge in [-0.15, -0.1) is 5.10 Å². The summed E-state index contributed by atoms with van der Waals surface area (Å²) in [6, 6.07) is 4.79. The summed E-state index contributed by atoms with van der Waals surface area (Å²) < 4.78 is 79.5. The Hall–Kier alpha value is -1.97. The van der Waals surface area contributed by atoms with Gasteiger partial charge in [0.25, 0.3) is 11.1 Å². The monoisotopic (exact) mass is 361 g/mol. The molecule has 10 heteroatoms. The minimum absolute atomic E-state index is 0.143. The van der Waals surface area contributed by atoms with E-state index in [2.05, 4.69) is 10.1 Å². The van der Waals surface area contributed by atoms with Crippen molar-refractivity contribution in [1.29, 1.82) is 0 Å². The number of fused-ring (bicyclic) bond motifs is 1. The van der Waals surface area contributed by atoms with E-state index in [-0.39, 0.29) is 17.8 Å². The van der Waals surface area contributed by atoms with Gasteiger partial charge in [-0.05, 0) is 6.07 Å². The number of rotatable bonds is 3. The highest BCUT2D eigenvalue weighted by Crippen LogP contribution is 2.49. The maximum Gasteiger partial charge on any atom is 0.267 e. The Morgan fingerprint density at radius 1 is 1.25 bits per heavy atom. The van der Waals surface area contributed by atoms with Crippen molar-refractivity contribution in [2.75, 3.05) is 0 Å². The highest BCUT2D eigenvalue weighted by molar-refractivity contribution is 7.92. The summed E-state index contributed by atoms with van der Waals surface area (Å²) in [5.41, 5.74) is 0.143. The SMILES string of the molecule is O=S(=O)(c1nc2n(n1)[C@H](c1ccccc1F)C[C@@H]2F)[C@H]1CC1(F)F. The Balaban J connectivity index is 1.76. The minimum atomic E-state index is -4.44. The van der Waals surface area contributed by atoms with Gasteiger partial charge in [0.05, 0.1) is 6.04 Å². The molecule has 4 rings (SSSR count). The van der Waals surface area contributed by atoms with Crippen LogP contribution in [0, 0.1) is 5.82 Å². The predicted molar refractivity (Wildman–Crippen MR) is 73.6 cm³/mol. The van der Waals surface area contributed by atoms with Crippen LogP contribution >= 0.6 is 0 Å². The number of sulfone groups is 1. The molecule has 128 valence electrons. The third-order valence-corrected chi connectivity index (χ3v) is 6.25. The molecule has 2 aliphatic rings. The Morgan fingerprint density at radius 2 is 1.92 bits per heavy atom. The van der Waals surface area contributed by atoms with Crippen LogP contribution in [0.5, 0.6) is 0 Å². The molecular weight excluding hydrogens is 350 g/mol. The molecule has 1 aliphatic heterocycles. The molecule has 0 bridgehead atoms. The molecule has 0 N–H and O–H groups in total. The van der Waals surface area contributed by atoms with Crippen LogP contribution in [-0.4, -0.2) is 34.4 Å². The summed E-state index contributed by atoms with van der Waals surface area (Å²) in [5.74, 6) is -4.18. The van der Waals surface area contributed by atoms with Crippen LogP contribution < -0.4 is 0 Å². The summed E-state index contributed by atoms with van der Waals surface area (Å²) in [7, 11) is -4.44. The Labute approximate surface area is 134 Å². The van der Waals surface area contributed by atoms with Gasteiger partial charge in [0.1, 0.15) is 11.1 Å². The van der Waals surface area contributed by atoms with Crippen LogP contribution in [0.2, 0.25) is 0 Å². The molecule has 3 atom stereocenters. The topological polar surface area (TPSA) is 64.8 Å². The standard InChI is InChI=1S/C14H11F4N3O2S/c15-8-4-2-1-3-7(8)10-5-9(16)12-19-13(20-21(10)12)24(22,23)11-6-14(11,17)18/h1-4,9-11H,5-6H2/t9-,10-,11-/m0/s1. The minimum Gasteiger partial charge on any atom is -0.239 e. The van der Waals surface area contributed by atoms with Crippen molar-refractivity contribution in [3.8, 4) is 0 Å². The van der Waals surface area contributed by atoms with E-state index < -0.39 is 50.6 Å². The second kappa shape index (κ2) is 4.78. The van der Waals surface area contributed by atoms with Crippen LogP contribution in [0.25, 0.3) is 0 Å². The number of hydrogen-bond donors (Lipinski definition) is 0. The van der Waals surface area contributed by atoms with Gasteiger partial charge < -0.3 is 0 Å². The number of halogens is 4. The van der Waals surface area contributed by atoms with Crippen molar-refractivity contribution < 1.29 is 26.0 Å². The van der Waals surface area contributed by atoms with E-state index in [1.165, 1.54) is 18.2 Å². The largest absolute Gasteiger partial charge is 0.267 e. The lowest BCUT2D eigenvalue weighted by Gasteiger charge is -2.12. The van der Waals surface area contributed by atoms with E-state index in [1.807, 2.05) is 0 Å². The molecule has 24 heavy (non-hydrogen) atoms. The van der Waals surface area contributed by atoms with Gasteiger partial charge >= 0.3 is 0 Å². The molecule has 1 aromatic carbocycles. The van der Waals surface area contributed by atoms with Gasteiger partial charge in [0, 0.05) is 18.4 Å². The fourth-order valence-corrected chi connectivity index (χ4v) is 4.51. The molecule has 0 amide bonds. The first kappa shape index (κ1) is 15.6. The van der Waals surface area contributed by atoms with E-state index in [0.29, 0.717) is 0 Å². The normalized spacial score (nSPS) is 27.9. The summed E-state index contributed by atoms with van der Waals surface area (Å²) in [6.45, 7) is 0. The molecule has 5 nitrogen and oxygen atoms in total. The molecule has 1 aliphatic carbocycles.